The molecule has 0 aliphatic rings. The van der Waals surface area contributed by atoms with Crippen LogP contribution in [0.3, 0.4) is 0 Å². The molecule has 1 heterocycles. The molecule has 1 aromatic heterocycles. The van der Waals surface area contributed by atoms with Crippen LogP contribution in [0, 0.1) is 0 Å². The van der Waals surface area contributed by atoms with Crippen LogP contribution in [-0.4, -0.2) is 53.4 Å². The third-order valence-corrected chi connectivity index (χ3v) is 3.49. The second kappa shape index (κ2) is 8.53. The minimum absolute atomic E-state index is 0.0288. The monoisotopic (exact) mass is 278 g/mol. The molecule has 20 heavy (non-hydrogen) atoms. The summed E-state index contributed by atoms with van der Waals surface area (Å²) >= 11 is 0. The highest BCUT2D eigenvalue weighted by atomic mass is 16.2. The summed E-state index contributed by atoms with van der Waals surface area (Å²) in [5, 5.41) is 0. The molecule has 0 aromatic carbocycles. The number of rotatable bonds is 8. The molecule has 0 aliphatic heterocycles. The van der Waals surface area contributed by atoms with Gasteiger partial charge >= 0.3 is 0 Å². The van der Waals surface area contributed by atoms with Crippen LogP contribution >= 0.6 is 0 Å². The van der Waals surface area contributed by atoms with Crippen LogP contribution in [0.5, 0.6) is 0 Å². The molecule has 0 atom stereocenters. The normalized spacial score (nSPS) is 10.8. The molecular weight excluding hydrogens is 252 g/mol. The maximum absolute atomic E-state index is 12.4. The predicted molar refractivity (Wildman–Crippen MR) is 82.6 cm³/mol. The van der Waals surface area contributed by atoms with Crippen molar-refractivity contribution < 1.29 is 4.79 Å². The highest BCUT2D eigenvalue weighted by Crippen LogP contribution is 2.08. The highest BCUT2D eigenvalue weighted by Gasteiger charge is 2.14. The second-order valence-corrected chi connectivity index (χ2v) is 4.73. The van der Waals surface area contributed by atoms with E-state index in [9.17, 15) is 4.79 Å². The molecule has 0 saturated heterocycles. The number of nitrogens with zero attached hydrogens (tertiary/aromatic N) is 3. The van der Waals surface area contributed by atoms with Gasteiger partial charge in [-0.05, 0) is 45.1 Å². The predicted octanol–water partition coefficient (Wildman–Crippen LogP) is 1.86. The Morgan fingerprint density at radius 1 is 1.20 bits per heavy atom. The maximum atomic E-state index is 12.4. The molecule has 5 heteroatoms. The number of amides is 1. The molecule has 0 unspecified atom stereocenters. The zero-order chi connectivity index (χ0) is 15.0. The maximum Gasteiger partial charge on any atom is 0.254 e. The lowest BCUT2D eigenvalue weighted by atomic mass is 10.2. The first-order chi connectivity index (χ1) is 9.62. The largest absolute Gasteiger partial charge is 0.384 e. The SMILES string of the molecule is CCN(CC)CCCN(CC)C(=O)c1ccnc(N)c1. The Kier molecular flexibility index (Phi) is 7.01. The first-order valence-corrected chi connectivity index (χ1v) is 7.35. The Bertz CT molecular complexity index is 418. The van der Waals surface area contributed by atoms with Crippen molar-refractivity contribution in [2.24, 2.45) is 0 Å². The van der Waals surface area contributed by atoms with Crippen LogP contribution in [0.15, 0.2) is 18.3 Å². The van der Waals surface area contributed by atoms with Gasteiger partial charge in [0, 0.05) is 24.8 Å². The van der Waals surface area contributed by atoms with Gasteiger partial charge in [0.05, 0.1) is 0 Å². The van der Waals surface area contributed by atoms with E-state index in [-0.39, 0.29) is 5.91 Å². The van der Waals surface area contributed by atoms with Crippen molar-refractivity contribution in [3.8, 4) is 0 Å². The van der Waals surface area contributed by atoms with Gasteiger partial charge in [-0.15, -0.1) is 0 Å². The average Bonchev–Trinajstić information content (AvgIpc) is 2.47. The van der Waals surface area contributed by atoms with E-state index in [4.69, 9.17) is 5.73 Å². The number of nitrogens with two attached hydrogens (primary N) is 1. The summed E-state index contributed by atoms with van der Waals surface area (Å²) in [4.78, 5) is 20.5. The van der Waals surface area contributed by atoms with Crippen molar-refractivity contribution >= 4 is 11.7 Å². The van der Waals surface area contributed by atoms with Gasteiger partial charge in [-0.1, -0.05) is 13.8 Å². The topological polar surface area (TPSA) is 62.5 Å². The molecule has 0 bridgehead atoms. The van der Waals surface area contributed by atoms with E-state index in [0.29, 0.717) is 17.9 Å². The lowest BCUT2D eigenvalue weighted by Crippen LogP contribution is -2.34. The lowest BCUT2D eigenvalue weighted by Gasteiger charge is -2.23. The minimum Gasteiger partial charge on any atom is -0.384 e. The molecule has 0 saturated carbocycles. The van der Waals surface area contributed by atoms with Gasteiger partial charge in [0.2, 0.25) is 0 Å². The summed E-state index contributed by atoms with van der Waals surface area (Å²) in [7, 11) is 0. The Hall–Kier alpha value is -1.62. The standard InChI is InChI=1S/C15H26N4O/c1-4-18(5-2)10-7-11-19(6-3)15(20)13-8-9-17-14(16)12-13/h8-9,12H,4-7,10-11H2,1-3H3,(H2,16,17). The number of nitrogen functional groups attached to an aromatic ring is 1. The van der Waals surface area contributed by atoms with E-state index in [1.54, 1.807) is 18.3 Å². The van der Waals surface area contributed by atoms with E-state index < -0.39 is 0 Å². The van der Waals surface area contributed by atoms with Gasteiger partial charge in [-0.25, -0.2) is 4.98 Å². The van der Waals surface area contributed by atoms with Crippen LogP contribution in [0.1, 0.15) is 37.6 Å². The number of hydrogen-bond donors (Lipinski definition) is 1. The van der Waals surface area contributed by atoms with E-state index in [1.807, 2.05) is 11.8 Å². The minimum atomic E-state index is 0.0288. The first kappa shape index (κ1) is 16.4. The second-order valence-electron chi connectivity index (χ2n) is 4.73. The van der Waals surface area contributed by atoms with Crippen molar-refractivity contribution in [1.29, 1.82) is 0 Å². The molecule has 0 fully saturated rings. The average molecular weight is 278 g/mol. The van der Waals surface area contributed by atoms with Crippen LogP contribution in [-0.2, 0) is 0 Å². The van der Waals surface area contributed by atoms with Crippen molar-refractivity contribution in [3.05, 3.63) is 23.9 Å². The van der Waals surface area contributed by atoms with Crippen LogP contribution in [0.4, 0.5) is 5.82 Å². The fourth-order valence-corrected chi connectivity index (χ4v) is 2.19. The molecule has 5 nitrogen and oxygen atoms in total. The molecule has 2 N–H and O–H groups in total. The molecular formula is C15H26N4O. The Labute approximate surface area is 121 Å². The quantitative estimate of drug-likeness (QED) is 0.788. The van der Waals surface area contributed by atoms with Gasteiger partial charge in [-0.3, -0.25) is 4.79 Å². The van der Waals surface area contributed by atoms with Crippen LogP contribution in [0.2, 0.25) is 0 Å². The van der Waals surface area contributed by atoms with Gasteiger partial charge in [-0.2, -0.15) is 0 Å². The third kappa shape index (κ3) is 4.81. The summed E-state index contributed by atoms with van der Waals surface area (Å²) in [6, 6.07) is 3.35. The number of carbonyl (C=O) groups excluding carboxylic acids is 1. The summed E-state index contributed by atoms with van der Waals surface area (Å²) in [6.45, 7) is 10.9. The Morgan fingerprint density at radius 2 is 1.90 bits per heavy atom. The molecule has 1 amide bonds. The number of pyridine rings is 1. The van der Waals surface area contributed by atoms with Gasteiger partial charge < -0.3 is 15.5 Å². The highest BCUT2D eigenvalue weighted by molar-refractivity contribution is 5.94. The van der Waals surface area contributed by atoms with Crippen LogP contribution in [0.25, 0.3) is 0 Å². The number of anilines is 1. The fourth-order valence-electron chi connectivity index (χ4n) is 2.19. The lowest BCUT2D eigenvalue weighted by molar-refractivity contribution is 0.0757. The van der Waals surface area contributed by atoms with Gasteiger partial charge in [0.15, 0.2) is 0 Å². The smallest absolute Gasteiger partial charge is 0.254 e. The molecule has 112 valence electrons. The van der Waals surface area contributed by atoms with Crippen molar-refractivity contribution in [3.63, 3.8) is 0 Å². The summed E-state index contributed by atoms with van der Waals surface area (Å²) in [5.41, 5.74) is 6.24. The van der Waals surface area contributed by atoms with E-state index >= 15 is 0 Å². The van der Waals surface area contributed by atoms with Gasteiger partial charge in [0.25, 0.3) is 5.91 Å². The van der Waals surface area contributed by atoms with Crippen molar-refractivity contribution in [2.45, 2.75) is 27.2 Å². The Balaban J connectivity index is 2.55. The fraction of sp³-hybridized carbons (Fsp3) is 0.600. The molecule has 1 aromatic rings. The molecule has 0 radical (unpaired) electrons. The molecule has 0 spiro atoms. The molecule has 0 aliphatic carbocycles. The molecule has 1 rings (SSSR count). The number of carbonyl (C=O) groups is 1. The third-order valence-electron chi connectivity index (χ3n) is 3.49. The van der Waals surface area contributed by atoms with Gasteiger partial charge in [0.1, 0.15) is 5.82 Å². The van der Waals surface area contributed by atoms with Crippen molar-refractivity contribution in [1.82, 2.24) is 14.8 Å². The summed E-state index contributed by atoms with van der Waals surface area (Å²) in [6.07, 6.45) is 2.56. The first-order valence-electron chi connectivity index (χ1n) is 7.35. The zero-order valence-corrected chi connectivity index (χ0v) is 12.8. The van der Waals surface area contributed by atoms with Crippen LogP contribution < -0.4 is 5.73 Å². The van der Waals surface area contributed by atoms with E-state index in [0.717, 1.165) is 32.6 Å². The van der Waals surface area contributed by atoms with E-state index in [1.165, 1.54) is 0 Å². The number of hydrogen-bond acceptors (Lipinski definition) is 4. The summed E-state index contributed by atoms with van der Waals surface area (Å²) < 4.78 is 0. The summed E-state index contributed by atoms with van der Waals surface area (Å²) in [5.74, 6) is 0.413. The van der Waals surface area contributed by atoms with Crippen molar-refractivity contribution in [2.75, 3.05) is 38.5 Å². The van der Waals surface area contributed by atoms with E-state index in [2.05, 4.69) is 23.7 Å². The number of aromatic nitrogens is 1. The zero-order valence-electron chi connectivity index (χ0n) is 12.8. The Morgan fingerprint density at radius 3 is 2.45 bits per heavy atom.